The second-order valence-electron chi connectivity index (χ2n) is 4.66. The molecule has 20 heavy (non-hydrogen) atoms. The minimum absolute atomic E-state index is 0.0621. The normalized spacial score (nSPS) is 11.1. The Kier molecular flexibility index (Phi) is 3.40. The third-order valence-corrected chi connectivity index (χ3v) is 4.41. The lowest BCUT2D eigenvalue weighted by molar-refractivity contribution is 0.103. The summed E-state index contributed by atoms with van der Waals surface area (Å²) in [6.45, 7) is 4.77. The lowest BCUT2D eigenvalue weighted by Crippen LogP contribution is -2.10. The molecule has 0 aliphatic carbocycles. The van der Waals surface area contributed by atoms with Crippen LogP contribution in [0.25, 0.3) is 10.1 Å². The summed E-state index contributed by atoms with van der Waals surface area (Å²) < 4.78 is 2.85. The van der Waals surface area contributed by atoms with Crippen LogP contribution in [-0.4, -0.2) is 15.6 Å². The van der Waals surface area contributed by atoms with Gasteiger partial charge in [0.05, 0.1) is 5.69 Å². The standard InChI is InChI=1S/C16H16N2OS/c1-3-12-10-14(18(4-2)17-12)15(19)13-7-5-6-11-8-9-20-16(11)13/h5-10H,3-4H2,1-2H3. The smallest absolute Gasteiger partial charge is 0.212 e. The highest BCUT2D eigenvalue weighted by atomic mass is 32.1. The number of carbonyl (C=O) groups excluding carboxylic acids is 1. The van der Waals surface area contributed by atoms with Crippen LogP contribution in [0.1, 0.15) is 35.6 Å². The van der Waals surface area contributed by atoms with E-state index < -0.39 is 0 Å². The predicted molar refractivity (Wildman–Crippen MR) is 82.5 cm³/mol. The summed E-state index contributed by atoms with van der Waals surface area (Å²) in [6.07, 6.45) is 0.844. The van der Waals surface area contributed by atoms with E-state index >= 15 is 0 Å². The van der Waals surface area contributed by atoms with Crippen molar-refractivity contribution in [1.29, 1.82) is 0 Å². The van der Waals surface area contributed by atoms with Crippen molar-refractivity contribution < 1.29 is 4.79 Å². The van der Waals surface area contributed by atoms with Crippen molar-refractivity contribution in [2.75, 3.05) is 0 Å². The molecule has 0 aliphatic rings. The zero-order chi connectivity index (χ0) is 14.1. The van der Waals surface area contributed by atoms with E-state index in [4.69, 9.17) is 0 Å². The van der Waals surface area contributed by atoms with Gasteiger partial charge in [0.2, 0.25) is 5.78 Å². The SMILES string of the molecule is CCc1cc(C(=O)c2cccc3ccsc23)n(CC)n1. The van der Waals surface area contributed by atoms with Crippen molar-refractivity contribution in [2.24, 2.45) is 0 Å². The summed E-state index contributed by atoms with van der Waals surface area (Å²) in [5, 5.41) is 7.61. The lowest BCUT2D eigenvalue weighted by atomic mass is 10.1. The number of thiophene rings is 1. The van der Waals surface area contributed by atoms with Crippen LogP contribution in [0.4, 0.5) is 0 Å². The third-order valence-electron chi connectivity index (χ3n) is 3.45. The van der Waals surface area contributed by atoms with Gasteiger partial charge in [-0.1, -0.05) is 19.1 Å². The van der Waals surface area contributed by atoms with Gasteiger partial charge in [0.1, 0.15) is 5.69 Å². The molecule has 3 nitrogen and oxygen atoms in total. The van der Waals surface area contributed by atoms with Crippen LogP contribution in [-0.2, 0) is 13.0 Å². The van der Waals surface area contributed by atoms with Crippen LogP contribution in [0.2, 0.25) is 0 Å². The molecule has 0 amide bonds. The Hall–Kier alpha value is -1.94. The van der Waals surface area contributed by atoms with Gasteiger partial charge in [-0.3, -0.25) is 9.48 Å². The van der Waals surface area contributed by atoms with Crippen molar-refractivity contribution in [3.63, 3.8) is 0 Å². The number of benzene rings is 1. The van der Waals surface area contributed by atoms with Crippen LogP contribution < -0.4 is 0 Å². The Morgan fingerprint density at radius 1 is 1.30 bits per heavy atom. The van der Waals surface area contributed by atoms with Crippen LogP contribution in [0.3, 0.4) is 0 Å². The topological polar surface area (TPSA) is 34.9 Å². The van der Waals surface area contributed by atoms with E-state index in [-0.39, 0.29) is 5.78 Å². The van der Waals surface area contributed by atoms with Gasteiger partial charge in [0.15, 0.2) is 0 Å². The van der Waals surface area contributed by atoms with Crippen molar-refractivity contribution in [3.8, 4) is 0 Å². The summed E-state index contributed by atoms with van der Waals surface area (Å²) in [6, 6.07) is 9.84. The van der Waals surface area contributed by atoms with Crippen molar-refractivity contribution in [3.05, 3.63) is 52.7 Å². The fraction of sp³-hybridized carbons (Fsp3) is 0.250. The van der Waals surface area contributed by atoms with Crippen LogP contribution in [0, 0.1) is 0 Å². The van der Waals surface area contributed by atoms with Gasteiger partial charge in [-0.25, -0.2) is 0 Å². The molecule has 0 bridgehead atoms. The molecular weight excluding hydrogens is 268 g/mol. The van der Waals surface area contributed by atoms with Crippen LogP contribution in [0.5, 0.6) is 0 Å². The molecule has 1 aromatic carbocycles. The van der Waals surface area contributed by atoms with Gasteiger partial charge >= 0.3 is 0 Å². The van der Waals surface area contributed by atoms with Gasteiger partial charge in [-0.2, -0.15) is 5.10 Å². The first-order valence-corrected chi connectivity index (χ1v) is 7.70. The maximum atomic E-state index is 12.8. The van der Waals surface area contributed by atoms with E-state index in [9.17, 15) is 4.79 Å². The minimum Gasteiger partial charge on any atom is -0.287 e. The highest BCUT2D eigenvalue weighted by Gasteiger charge is 2.18. The Balaban J connectivity index is 2.13. The number of hydrogen-bond acceptors (Lipinski definition) is 3. The summed E-state index contributed by atoms with van der Waals surface area (Å²) >= 11 is 1.61. The van der Waals surface area contributed by atoms with Gasteiger partial charge < -0.3 is 0 Å². The summed E-state index contributed by atoms with van der Waals surface area (Å²) in [5.41, 5.74) is 2.42. The monoisotopic (exact) mass is 284 g/mol. The number of fused-ring (bicyclic) bond motifs is 1. The number of rotatable bonds is 4. The van der Waals surface area contributed by atoms with Gasteiger partial charge in [-0.05, 0) is 42.3 Å². The molecule has 102 valence electrons. The average molecular weight is 284 g/mol. The number of aryl methyl sites for hydroxylation is 2. The van der Waals surface area contributed by atoms with Gasteiger partial charge in [-0.15, -0.1) is 11.3 Å². The third kappa shape index (κ3) is 2.06. The van der Waals surface area contributed by atoms with Crippen LogP contribution >= 0.6 is 11.3 Å². The molecule has 0 atom stereocenters. The first-order chi connectivity index (χ1) is 9.74. The first kappa shape index (κ1) is 13.1. The van der Waals surface area contributed by atoms with Crippen molar-refractivity contribution >= 4 is 27.2 Å². The quantitative estimate of drug-likeness (QED) is 0.681. The molecule has 3 rings (SSSR count). The van der Waals surface area contributed by atoms with Gasteiger partial charge in [0.25, 0.3) is 0 Å². The summed E-state index contributed by atoms with van der Waals surface area (Å²) in [5.74, 6) is 0.0621. The molecule has 0 aliphatic heterocycles. The number of carbonyl (C=O) groups is 1. The molecule has 0 fully saturated rings. The molecule has 2 heterocycles. The van der Waals surface area contributed by atoms with Crippen molar-refractivity contribution in [1.82, 2.24) is 9.78 Å². The maximum Gasteiger partial charge on any atom is 0.212 e. The maximum absolute atomic E-state index is 12.8. The molecule has 4 heteroatoms. The molecule has 0 N–H and O–H groups in total. The molecule has 0 saturated heterocycles. The fourth-order valence-corrected chi connectivity index (χ4v) is 3.29. The van der Waals surface area contributed by atoms with E-state index in [1.54, 1.807) is 16.0 Å². The Morgan fingerprint density at radius 2 is 2.15 bits per heavy atom. The van der Waals surface area contributed by atoms with E-state index in [0.717, 1.165) is 27.8 Å². The molecule has 0 radical (unpaired) electrons. The number of ketones is 1. The second kappa shape index (κ2) is 5.21. The van der Waals surface area contributed by atoms with Gasteiger partial charge in [0, 0.05) is 16.8 Å². The Morgan fingerprint density at radius 3 is 2.90 bits per heavy atom. The molecule has 2 aromatic heterocycles. The van der Waals surface area contributed by atoms with E-state index in [0.29, 0.717) is 12.2 Å². The van der Waals surface area contributed by atoms with E-state index in [1.165, 1.54) is 0 Å². The second-order valence-corrected chi connectivity index (χ2v) is 5.58. The predicted octanol–water partition coefficient (Wildman–Crippen LogP) is 3.91. The highest BCUT2D eigenvalue weighted by molar-refractivity contribution is 7.17. The number of hydrogen-bond donors (Lipinski definition) is 0. The molecule has 0 saturated carbocycles. The van der Waals surface area contributed by atoms with Crippen molar-refractivity contribution in [2.45, 2.75) is 26.8 Å². The Labute approximate surface area is 121 Å². The average Bonchev–Trinajstić information content (AvgIpc) is 3.11. The minimum atomic E-state index is 0.0621. The number of aromatic nitrogens is 2. The van der Waals surface area contributed by atoms with E-state index in [2.05, 4.69) is 12.0 Å². The first-order valence-electron chi connectivity index (χ1n) is 6.82. The molecule has 0 unspecified atom stereocenters. The lowest BCUT2D eigenvalue weighted by Gasteiger charge is -2.04. The molecule has 0 spiro atoms. The zero-order valence-electron chi connectivity index (χ0n) is 11.6. The zero-order valence-corrected chi connectivity index (χ0v) is 12.4. The summed E-state index contributed by atoms with van der Waals surface area (Å²) in [7, 11) is 0. The largest absolute Gasteiger partial charge is 0.287 e. The van der Waals surface area contributed by atoms with Crippen LogP contribution in [0.15, 0.2) is 35.7 Å². The molecule has 3 aromatic rings. The number of nitrogens with zero attached hydrogens (tertiary/aromatic N) is 2. The Bertz CT molecular complexity index is 770. The van der Waals surface area contributed by atoms with E-state index in [1.807, 2.05) is 42.6 Å². The summed E-state index contributed by atoms with van der Waals surface area (Å²) in [4.78, 5) is 12.8. The molecular formula is C16H16N2OS. The fourth-order valence-electron chi connectivity index (χ4n) is 2.38. The highest BCUT2D eigenvalue weighted by Crippen LogP contribution is 2.26.